The summed E-state index contributed by atoms with van der Waals surface area (Å²) < 4.78 is 20.6. The first kappa shape index (κ1) is 43.4. The SMILES string of the molecule is COC[C@]1(O)CC[C@H](COc2ncc(SNC(=O)c3ccc(N4CCN(CC5=C(c6ccc(Cl)cc6)CC(C)(C)CC5)CC4)cc3Oc3cnc4[nH]ccc4c3)cc2Cl)CC1. The molecule has 1 saturated heterocycles. The summed E-state index contributed by atoms with van der Waals surface area (Å²) in [6.45, 7) is 10.0. The number of nitrogens with zero attached hydrogens (tertiary/aromatic N) is 4. The number of rotatable bonds is 14. The van der Waals surface area contributed by atoms with E-state index in [4.69, 9.17) is 37.4 Å². The van der Waals surface area contributed by atoms with Gasteiger partial charge in [-0.15, -0.1) is 0 Å². The number of piperazine rings is 1. The number of aromatic nitrogens is 3. The van der Waals surface area contributed by atoms with Crippen molar-refractivity contribution in [2.75, 3.05) is 57.9 Å². The second kappa shape index (κ2) is 19.0. The molecule has 11 nitrogen and oxygen atoms in total. The van der Waals surface area contributed by atoms with E-state index in [0.717, 1.165) is 92.1 Å². The molecule has 0 atom stereocenters. The maximum absolute atomic E-state index is 13.9. The summed E-state index contributed by atoms with van der Waals surface area (Å²) in [5.74, 6) is 1.27. The normalized spacial score (nSPS) is 20.8. The van der Waals surface area contributed by atoms with Crippen molar-refractivity contribution < 1.29 is 24.1 Å². The first-order valence-electron chi connectivity index (χ1n) is 21.1. The Balaban J connectivity index is 0.924. The molecule has 2 fully saturated rings. The number of amides is 1. The molecule has 1 saturated carbocycles. The molecule has 2 aliphatic carbocycles. The number of methoxy groups -OCH3 is 1. The van der Waals surface area contributed by atoms with Crippen molar-refractivity contribution in [3.05, 3.63) is 106 Å². The number of benzene rings is 2. The lowest BCUT2D eigenvalue weighted by Gasteiger charge is -2.39. The quantitative estimate of drug-likeness (QED) is 0.0929. The number of nitrogens with one attached hydrogen (secondary N) is 2. The van der Waals surface area contributed by atoms with Crippen molar-refractivity contribution in [2.24, 2.45) is 11.3 Å². The van der Waals surface area contributed by atoms with E-state index in [9.17, 15) is 9.90 Å². The summed E-state index contributed by atoms with van der Waals surface area (Å²) in [5.41, 5.74) is 5.91. The zero-order valence-electron chi connectivity index (χ0n) is 35.0. The number of carbonyl (C=O) groups excluding carboxylic acids is 1. The Hall–Kier alpha value is -4.30. The van der Waals surface area contributed by atoms with Crippen LogP contribution in [0.25, 0.3) is 16.6 Å². The van der Waals surface area contributed by atoms with E-state index < -0.39 is 5.60 Å². The molecule has 14 heteroatoms. The number of aromatic amines is 1. The lowest BCUT2D eigenvalue weighted by Crippen LogP contribution is -2.47. The van der Waals surface area contributed by atoms with Gasteiger partial charge in [0.15, 0.2) is 0 Å². The Kier molecular flexibility index (Phi) is 13.5. The average molecular weight is 886 g/mol. The van der Waals surface area contributed by atoms with E-state index in [1.54, 1.807) is 25.6 Å². The highest BCUT2D eigenvalue weighted by Gasteiger charge is 2.34. The Morgan fingerprint density at radius 2 is 1.77 bits per heavy atom. The highest BCUT2D eigenvalue weighted by molar-refractivity contribution is 7.98. The van der Waals surface area contributed by atoms with Crippen molar-refractivity contribution in [3.8, 4) is 17.4 Å². The fraction of sp³-hybridized carbons (Fsp3) is 0.426. The van der Waals surface area contributed by atoms with Crippen molar-refractivity contribution in [1.29, 1.82) is 0 Å². The van der Waals surface area contributed by atoms with Gasteiger partial charge in [-0.2, -0.15) is 0 Å². The molecule has 3 aliphatic rings. The maximum Gasteiger partial charge on any atom is 0.265 e. The van der Waals surface area contributed by atoms with Gasteiger partial charge in [-0.3, -0.25) is 14.4 Å². The van der Waals surface area contributed by atoms with Crippen LogP contribution < -0.4 is 19.1 Å². The van der Waals surface area contributed by atoms with Crippen LogP contribution in [0.4, 0.5) is 5.69 Å². The predicted molar refractivity (Wildman–Crippen MR) is 244 cm³/mol. The van der Waals surface area contributed by atoms with E-state index in [0.29, 0.717) is 64.8 Å². The predicted octanol–water partition coefficient (Wildman–Crippen LogP) is 10.2. The number of aliphatic hydroxyl groups is 1. The van der Waals surface area contributed by atoms with E-state index >= 15 is 0 Å². The van der Waals surface area contributed by atoms with E-state index in [1.165, 1.54) is 23.1 Å². The molecular weight excluding hydrogens is 832 g/mol. The first-order valence-corrected chi connectivity index (χ1v) is 22.7. The molecule has 61 heavy (non-hydrogen) atoms. The third-order valence-electron chi connectivity index (χ3n) is 12.3. The summed E-state index contributed by atoms with van der Waals surface area (Å²) in [4.78, 5) is 31.5. The van der Waals surface area contributed by atoms with Gasteiger partial charge >= 0.3 is 0 Å². The van der Waals surface area contributed by atoms with Crippen LogP contribution in [0.3, 0.4) is 0 Å². The molecule has 1 aliphatic heterocycles. The summed E-state index contributed by atoms with van der Waals surface area (Å²) in [5, 5.41) is 12.7. The van der Waals surface area contributed by atoms with Gasteiger partial charge in [-0.25, -0.2) is 9.97 Å². The fourth-order valence-corrected chi connectivity index (χ4v) is 9.72. The second-order valence-electron chi connectivity index (χ2n) is 17.5. The number of allylic oxidation sites excluding steroid dienone is 1. The first-order chi connectivity index (χ1) is 29.4. The van der Waals surface area contributed by atoms with Gasteiger partial charge in [0, 0.05) is 79.3 Å². The number of anilines is 1. The molecular formula is C47H54Cl2N6O5S. The zero-order valence-corrected chi connectivity index (χ0v) is 37.3. The van der Waals surface area contributed by atoms with Crippen molar-refractivity contribution >= 4 is 63.4 Å². The molecule has 0 spiro atoms. The number of hydrogen-bond acceptors (Lipinski definition) is 10. The lowest BCUT2D eigenvalue weighted by atomic mass is 9.72. The number of hydrogen-bond donors (Lipinski definition) is 3. The Morgan fingerprint density at radius 1 is 0.984 bits per heavy atom. The average Bonchev–Trinajstić information content (AvgIpc) is 3.72. The topological polar surface area (TPSA) is 125 Å². The van der Waals surface area contributed by atoms with Gasteiger partial charge < -0.3 is 29.2 Å². The van der Waals surface area contributed by atoms with Gasteiger partial charge in [0.2, 0.25) is 5.88 Å². The molecule has 322 valence electrons. The molecule has 1 amide bonds. The lowest BCUT2D eigenvalue weighted by molar-refractivity contribution is -0.0671. The van der Waals surface area contributed by atoms with Crippen LogP contribution in [0, 0.1) is 11.3 Å². The highest BCUT2D eigenvalue weighted by atomic mass is 35.5. The highest BCUT2D eigenvalue weighted by Crippen LogP contribution is 2.44. The number of halogens is 2. The summed E-state index contributed by atoms with van der Waals surface area (Å²) >= 11 is 14.0. The number of fused-ring (bicyclic) bond motifs is 1. The van der Waals surface area contributed by atoms with Gasteiger partial charge in [0.05, 0.1) is 30.6 Å². The van der Waals surface area contributed by atoms with Crippen LogP contribution in [0.15, 0.2) is 89.7 Å². The molecule has 3 N–H and O–H groups in total. The fourth-order valence-electron chi connectivity index (χ4n) is 8.70. The molecule has 0 radical (unpaired) electrons. The van der Waals surface area contributed by atoms with Crippen LogP contribution in [-0.4, -0.2) is 89.5 Å². The third-order valence-corrected chi connectivity index (χ3v) is 13.6. The van der Waals surface area contributed by atoms with Crippen LogP contribution in [0.5, 0.6) is 17.4 Å². The Labute approximate surface area is 372 Å². The Morgan fingerprint density at radius 3 is 2.52 bits per heavy atom. The molecule has 2 aromatic carbocycles. The van der Waals surface area contributed by atoms with Crippen molar-refractivity contribution in [3.63, 3.8) is 0 Å². The van der Waals surface area contributed by atoms with Crippen molar-refractivity contribution in [2.45, 2.75) is 69.3 Å². The van der Waals surface area contributed by atoms with Gasteiger partial charge in [0.25, 0.3) is 5.91 Å². The number of ether oxygens (including phenoxy) is 3. The molecule has 5 aromatic rings. The largest absolute Gasteiger partial charge is 0.476 e. The van der Waals surface area contributed by atoms with Crippen LogP contribution in [0.2, 0.25) is 10.0 Å². The number of pyridine rings is 2. The zero-order chi connectivity index (χ0) is 42.6. The summed E-state index contributed by atoms with van der Waals surface area (Å²) in [6, 6.07) is 19.7. The molecule has 4 heterocycles. The van der Waals surface area contributed by atoms with Gasteiger partial charge in [-0.1, -0.05) is 54.8 Å². The third kappa shape index (κ3) is 10.8. The number of carbonyl (C=O) groups is 1. The minimum absolute atomic E-state index is 0.269. The molecule has 3 aromatic heterocycles. The maximum atomic E-state index is 13.9. The van der Waals surface area contributed by atoms with Gasteiger partial charge in [-0.05, 0) is 122 Å². The minimum Gasteiger partial charge on any atom is -0.476 e. The Bertz CT molecular complexity index is 2360. The second-order valence-corrected chi connectivity index (χ2v) is 19.2. The minimum atomic E-state index is -0.765. The van der Waals surface area contributed by atoms with E-state index in [1.807, 2.05) is 48.7 Å². The van der Waals surface area contributed by atoms with E-state index in [-0.39, 0.29) is 11.3 Å². The van der Waals surface area contributed by atoms with Crippen LogP contribution >= 0.6 is 35.1 Å². The molecule has 0 unspecified atom stereocenters. The number of H-pyrrole nitrogens is 1. The summed E-state index contributed by atoms with van der Waals surface area (Å²) in [6.07, 6.45) is 11.5. The molecule has 0 bridgehead atoms. The van der Waals surface area contributed by atoms with E-state index in [2.05, 4.69) is 55.5 Å². The summed E-state index contributed by atoms with van der Waals surface area (Å²) in [7, 11) is 1.61. The van der Waals surface area contributed by atoms with Crippen LogP contribution in [0.1, 0.15) is 74.7 Å². The van der Waals surface area contributed by atoms with Crippen molar-refractivity contribution in [1.82, 2.24) is 24.6 Å². The van der Waals surface area contributed by atoms with Crippen LogP contribution in [-0.2, 0) is 4.74 Å². The standard InChI is InChI=1S/C47H54Cl2N6O5S/c1-46(2)14-12-34(40(25-46)32-4-6-35(48)7-5-32)28-54-18-20-55(21-19-54)36-8-9-39(42(23-36)60-37-22-33-13-17-50-43(33)51-26-37)44(56)53-61-38-24-41(49)45(52-27-38)59-29-31-10-15-47(57,16-11-31)30-58-3/h4-9,13,17,22-24,26-27,31,57H,10-12,14-16,18-21,25,28-30H2,1-3H3,(H,50,51)(H,53,56)/t31-,47-. The van der Waals surface area contributed by atoms with Gasteiger partial charge in [0.1, 0.15) is 22.2 Å². The monoisotopic (exact) mass is 884 g/mol. The molecule has 8 rings (SSSR count). The smallest absolute Gasteiger partial charge is 0.265 e.